The Kier molecular flexibility index (Phi) is 4.01. The number of Topliss-reactive ketones (excluding diaryl/α,β-unsaturated/α-hetero) is 1. The fraction of sp³-hybridized carbons (Fsp3) is 0.731. The maximum absolute atomic E-state index is 13.9. The summed E-state index contributed by atoms with van der Waals surface area (Å²) in [6.45, 7) is 11.4. The molecule has 5 rings (SSSR count). The Hall–Kier alpha value is -1.71. The van der Waals surface area contributed by atoms with Crippen LogP contribution in [0.15, 0.2) is 23.8 Å². The van der Waals surface area contributed by atoms with Gasteiger partial charge in [-0.05, 0) is 60.8 Å². The van der Waals surface area contributed by atoms with E-state index in [1.807, 2.05) is 13.8 Å². The van der Waals surface area contributed by atoms with E-state index in [1.54, 1.807) is 6.08 Å². The molecular weight excluding hydrogens is 376 g/mol. The monoisotopic (exact) mass is 410 g/mol. The van der Waals surface area contributed by atoms with Gasteiger partial charge in [-0.25, -0.2) is 0 Å². The third-order valence-electron chi connectivity index (χ3n) is 10.2. The van der Waals surface area contributed by atoms with Crippen LogP contribution in [-0.2, 0) is 19.1 Å². The lowest BCUT2D eigenvalue weighted by Crippen LogP contribution is -2.62. The normalized spacial score (nSPS) is 49.2. The second kappa shape index (κ2) is 5.95. The van der Waals surface area contributed by atoms with E-state index in [1.165, 1.54) is 5.57 Å². The molecule has 0 N–H and O–H groups in total. The van der Waals surface area contributed by atoms with Gasteiger partial charge < -0.3 is 4.74 Å². The van der Waals surface area contributed by atoms with Crippen molar-refractivity contribution in [3.8, 4) is 0 Å². The van der Waals surface area contributed by atoms with Gasteiger partial charge in [-0.15, -0.1) is 0 Å². The summed E-state index contributed by atoms with van der Waals surface area (Å²) in [5.41, 5.74) is 0.106. The Morgan fingerprint density at radius 1 is 1.00 bits per heavy atom. The van der Waals surface area contributed by atoms with Gasteiger partial charge in [0.2, 0.25) is 0 Å². The van der Waals surface area contributed by atoms with E-state index in [-0.39, 0.29) is 40.3 Å². The largest absolute Gasteiger partial charge is 0.465 e. The lowest BCUT2D eigenvalue weighted by atomic mass is 9.39. The zero-order chi connectivity index (χ0) is 21.7. The lowest BCUT2D eigenvalue weighted by molar-refractivity contribution is -0.157. The minimum Gasteiger partial charge on any atom is -0.465 e. The molecule has 4 nitrogen and oxygen atoms in total. The minimum atomic E-state index is -0.505. The van der Waals surface area contributed by atoms with Crippen molar-refractivity contribution in [2.75, 3.05) is 6.61 Å². The van der Waals surface area contributed by atoms with E-state index in [4.69, 9.17) is 4.74 Å². The molecule has 1 saturated heterocycles. The molecule has 0 spiro atoms. The van der Waals surface area contributed by atoms with Crippen LogP contribution < -0.4 is 0 Å². The number of hydrogen-bond acceptors (Lipinski definition) is 4. The topological polar surface area (TPSA) is 60.4 Å². The van der Waals surface area contributed by atoms with Crippen LogP contribution in [0.4, 0.5) is 0 Å². The number of rotatable bonds is 1. The van der Waals surface area contributed by atoms with Crippen LogP contribution in [0.2, 0.25) is 0 Å². The molecule has 162 valence electrons. The Labute approximate surface area is 179 Å². The third kappa shape index (κ3) is 2.26. The van der Waals surface area contributed by atoms with Gasteiger partial charge in [-0.3, -0.25) is 14.4 Å². The molecule has 5 aliphatic rings. The van der Waals surface area contributed by atoms with Crippen LogP contribution in [-0.4, -0.2) is 24.1 Å². The fourth-order valence-corrected chi connectivity index (χ4v) is 8.53. The highest BCUT2D eigenvalue weighted by atomic mass is 16.5. The van der Waals surface area contributed by atoms with Crippen molar-refractivity contribution in [2.24, 2.45) is 45.3 Å². The average Bonchev–Trinajstić information content (AvgIpc) is 3.25. The van der Waals surface area contributed by atoms with Crippen LogP contribution in [0.5, 0.6) is 0 Å². The fourth-order valence-electron chi connectivity index (χ4n) is 8.53. The van der Waals surface area contributed by atoms with Crippen molar-refractivity contribution in [3.63, 3.8) is 0 Å². The number of esters is 1. The Bertz CT molecular complexity index is 910. The first-order valence-electron chi connectivity index (χ1n) is 11.6. The summed E-state index contributed by atoms with van der Waals surface area (Å²) in [5.74, 6) is 1.26. The highest BCUT2D eigenvalue weighted by Gasteiger charge is 2.68. The predicted molar refractivity (Wildman–Crippen MR) is 113 cm³/mol. The summed E-state index contributed by atoms with van der Waals surface area (Å²) in [5, 5.41) is 0. The number of cyclic esters (lactones) is 1. The Morgan fingerprint density at radius 2 is 1.73 bits per heavy atom. The van der Waals surface area contributed by atoms with Gasteiger partial charge >= 0.3 is 5.97 Å². The first-order valence-corrected chi connectivity index (χ1v) is 11.6. The highest BCUT2D eigenvalue weighted by Crippen LogP contribution is 2.71. The SMILES string of the molecule is CC1(C)C(=O)C=C[C@@]2(C)[C@H]1CC(=O)[C@@]1(C)C3=CC[C@@H]([C@@H]4COC(=O)C4)[C@]3(C)CC[C@@H]12. The van der Waals surface area contributed by atoms with Gasteiger partial charge in [-0.1, -0.05) is 45.4 Å². The van der Waals surface area contributed by atoms with Crippen LogP contribution in [0.25, 0.3) is 0 Å². The molecule has 3 fully saturated rings. The molecular formula is C26H34O4. The van der Waals surface area contributed by atoms with Crippen LogP contribution >= 0.6 is 0 Å². The molecule has 4 heteroatoms. The van der Waals surface area contributed by atoms with Gasteiger partial charge in [0.15, 0.2) is 5.78 Å². The predicted octanol–water partition coefficient (Wildman–Crippen LogP) is 4.68. The first-order chi connectivity index (χ1) is 14.0. The van der Waals surface area contributed by atoms with E-state index in [2.05, 4.69) is 32.9 Å². The summed E-state index contributed by atoms with van der Waals surface area (Å²) >= 11 is 0. The molecule has 30 heavy (non-hydrogen) atoms. The zero-order valence-electron chi connectivity index (χ0n) is 18.9. The number of ketones is 2. The molecule has 1 aliphatic heterocycles. The second-order valence-electron chi connectivity index (χ2n) is 11.8. The Morgan fingerprint density at radius 3 is 2.40 bits per heavy atom. The number of fused-ring (bicyclic) bond motifs is 5. The quantitative estimate of drug-likeness (QED) is 0.465. The second-order valence-corrected chi connectivity index (χ2v) is 11.8. The van der Waals surface area contributed by atoms with Crippen molar-refractivity contribution in [3.05, 3.63) is 23.8 Å². The van der Waals surface area contributed by atoms with Gasteiger partial charge in [0.25, 0.3) is 0 Å². The molecule has 0 aromatic heterocycles. The molecule has 1 heterocycles. The number of carbonyl (C=O) groups excluding carboxylic acids is 3. The van der Waals surface area contributed by atoms with E-state index in [9.17, 15) is 14.4 Å². The smallest absolute Gasteiger partial charge is 0.306 e. The zero-order valence-corrected chi connectivity index (χ0v) is 18.9. The van der Waals surface area contributed by atoms with Crippen molar-refractivity contribution in [1.82, 2.24) is 0 Å². The first kappa shape index (κ1) is 20.2. The molecule has 7 atom stereocenters. The summed E-state index contributed by atoms with van der Waals surface area (Å²) in [6.07, 6.45) is 10.2. The van der Waals surface area contributed by atoms with Gasteiger partial charge in [0, 0.05) is 17.8 Å². The summed E-state index contributed by atoms with van der Waals surface area (Å²) < 4.78 is 5.31. The maximum atomic E-state index is 13.9. The molecule has 4 aliphatic carbocycles. The molecule has 0 bridgehead atoms. The Balaban J connectivity index is 1.56. The van der Waals surface area contributed by atoms with Gasteiger partial charge in [0.1, 0.15) is 5.78 Å². The third-order valence-corrected chi connectivity index (χ3v) is 10.2. The van der Waals surface area contributed by atoms with Crippen molar-refractivity contribution in [2.45, 2.75) is 66.7 Å². The van der Waals surface area contributed by atoms with Crippen molar-refractivity contribution >= 4 is 17.5 Å². The maximum Gasteiger partial charge on any atom is 0.306 e. The summed E-state index contributed by atoms with van der Waals surface area (Å²) in [7, 11) is 0. The summed E-state index contributed by atoms with van der Waals surface area (Å²) in [6, 6.07) is 0. The molecule has 0 aromatic carbocycles. The van der Waals surface area contributed by atoms with E-state index in [0.717, 1.165) is 19.3 Å². The van der Waals surface area contributed by atoms with Gasteiger partial charge in [-0.2, -0.15) is 0 Å². The summed E-state index contributed by atoms with van der Waals surface area (Å²) in [4.78, 5) is 38.3. The molecule has 0 radical (unpaired) electrons. The average molecular weight is 411 g/mol. The number of allylic oxidation sites excluding steroid dienone is 4. The highest BCUT2D eigenvalue weighted by molar-refractivity contribution is 5.98. The minimum absolute atomic E-state index is 0.0491. The van der Waals surface area contributed by atoms with Crippen molar-refractivity contribution in [1.29, 1.82) is 0 Å². The van der Waals surface area contributed by atoms with E-state index >= 15 is 0 Å². The standard InChI is InChI=1S/C26H34O4/c1-23(2)19-13-21(28)26(5)17-7-6-16(15-12-22(29)30-14-15)24(17,3)10-8-18(26)25(19,4)11-9-20(23)27/h7,9,11,15-16,18-19H,6,8,10,12-14H2,1-5H3/t15-,16-,18+,19-,24-,25+,26-/m0/s1. The number of carbonyl (C=O) groups is 3. The number of hydrogen-bond donors (Lipinski definition) is 0. The molecule has 2 saturated carbocycles. The van der Waals surface area contributed by atoms with Crippen molar-refractivity contribution < 1.29 is 19.1 Å². The molecule has 0 unspecified atom stereocenters. The number of ether oxygens (including phenoxy) is 1. The molecule has 0 amide bonds. The van der Waals surface area contributed by atoms with E-state index < -0.39 is 10.8 Å². The van der Waals surface area contributed by atoms with Gasteiger partial charge in [0.05, 0.1) is 18.4 Å². The van der Waals surface area contributed by atoms with Crippen LogP contribution in [0.1, 0.15) is 66.7 Å². The van der Waals surface area contributed by atoms with Crippen LogP contribution in [0, 0.1) is 45.3 Å². The van der Waals surface area contributed by atoms with Crippen LogP contribution in [0.3, 0.4) is 0 Å². The molecule has 0 aromatic rings. The lowest BCUT2D eigenvalue weighted by Gasteiger charge is -2.63. The van der Waals surface area contributed by atoms with E-state index in [0.29, 0.717) is 31.1 Å².